The Morgan fingerprint density at radius 1 is 1.11 bits per heavy atom. The first-order valence-electron chi connectivity index (χ1n) is 7.26. The Bertz CT molecular complexity index is 341. The van der Waals surface area contributed by atoms with Crippen LogP contribution < -0.4 is 0 Å². The summed E-state index contributed by atoms with van der Waals surface area (Å²) in [4.78, 5) is 2.45. The molecule has 0 atom stereocenters. The first kappa shape index (κ1) is 13.6. The fraction of sp³-hybridized carbons (Fsp3) is 0.625. The van der Waals surface area contributed by atoms with Gasteiger partial charge in [0.15, 0.2) is 0 Å². The molecule has 1 aliphatic carbocycles. The molecule has 1 aromatic carbocycles. The van der Waals surface area contributed by atoms with Gasteiger partial charge < -0.3 is 5.11 Å². The summed E-state index contributed by atoms with van der Waals surface area (Å²) in [5.74, 6) is 0. The smallest absolute Gasteiger partial charge is 0.0558 e. The van der Waals surface area contributed by atoms with Gasteiger partial charge in [-0.25, -0.2) is 0 Å². The molecule has 1 saturated carbocycles. The monoisotopic (exact) mass is 247 g/mol. The van der Waals surface area contributed by atoms with Gasteiger partial charge in [-0.1, -0.05) is 44.0 Å². The molecule has 1 aromatic rings. The largest absolute Gasteiger partial charge is 0.395 e. The maximum absolute atomic E-state index is 9.22. The Kier molecular flexibility index (Phi) is 5.21. The Morgan fingerprint density at radius 3 is 2.28 bits per heavy atom. The minimum Gasteiger partial charge on any atom is -0.395 e. The zero-order valence-electron chi connectivity index (χ0n) is 11.4. The highest BCUT2D eigenvalue weighted by molar-refractivity contribution is 5.22. The number of nitrogens with zero attached hydrogens (tertiary/aromatic N) is 1. The normalized spacial score (nSPS) is 16.6. The molecule has 0 heterocycles. The Hall–Kier alpha value is -0.860. The summed E-state index contributed by atoms with van der Waals surface area (Å²) < 4.78 is 0. The van der Waals surface area contributed by atoms with Crippen LogP contribution in [0, 0.1) is 0 Å². The van der Waals surface area contributed by atoms with E-state index in [0.29, 0.717) is 6.04 Å². The third-order valence-electron chi connectivity index (χ3n) is 4.05. The number of hydrogen-bond acceptors (Lipinski definition) is 2. The van der Waals surface area contributed by atoms with E-state index in [9.17, 15) is 5.11 Å². The average molecular weight is 247 g/mol. The molecule has 0 unspecified atom stereocenters. The fourth-order valence-electron chi connectivity index (χ4n) is 2.90. The van der Waals surface area contributed by atoms with Crippen LogP contribution in [0.25, 0.3) is 0 Å². The summed E-state index contributed by atoms with van der Waals surface area (Å²) in [7, 11) is 0. The van der Waals surface area contributed by atoms with Gasteiger partial charge in [-0.05, 0) is 30.4 Å². The minimum atomic E-state index is 0.267. The zero-order valence-corrected chi connectivity index (χ0v) is 11.4. The van der Waals surface area contributed by atoms with Gasteiger partial charge in [-0.15, -0.1) is 0 Å². The lowest BCUT2D eigenvalue weighted by Crippen LogP contribution is -2.35. The quantitative estimate of drug-likeness (QED) is 0.835. The molecule has 0 aliphatic heterocycles. The number of rotatable bonds is 6. The number of aryl methyl sites for hydroxylation is 1. The molecular formula is C16H25NO. The van der Waals surface area contributed by atoms with Crippen molar-refractivity contribution >= 4 is 0 Å². The van der Waals surface area contributed by atoms with Crippen LogP contribution in [0.15, 0.2) is 24.3 Å². The predicted octanol–water partition coefficient (Wildman–Crippen LogP) is 2.99. The third kappa shape index (κ3) is 3.56. The van der Waals surface area contributed by atoms with Crippen molar-refractivity contribution in [2.75, 3.05) is 13.2 Å². The van der Waals surface area contributed by atoms with Crippen LogP contribution in [-0.2, 0) is 13.0 Å². The predicted molar refractivity (Wildman–Crippen MR) is 75.6 cm³/mol. The van der Waals surface area contributed by atoms with Crippen molar-refractivity contribution in [2.45, 2.75) is 51.6 Å². The van der Waals surface area contributed by atoms with Gasteiger partial charge >= 0.3 is 0 Å². The lowest BCUT2D eigenvalue weighted by molar-refractivity contribution is 0.145. The highest BCUT2D eigenvalue weighted by atomic mass is 16.3. The van der Waals surface area contributed by atoms with Crippen LogP contribution in [0.5, 0.6) is 0 Å². The lowest BCUT2D eigenvalue weighted by Gasteiger charge is -2.28. The second-order valence-corrected chi connectivity index (χ2v) is 5.30. The Labute approximate surface area is 111 Å². The van der Waals surface area contributed by atoms with Gasteiger partial charge in [-0.2, -0.15) is 0 Å². The van der Waals surface area contributed by atoms with Crippen LogP contribution in [-0.4, -0.2) is 29.2 Å². The molecule has 100 valence electrons. The molecule has 1 aliphatic rings. The van der Waals surface area contributed by atoms with Crippen LogP contribution in [0.2, 0.25) is 0 Å². The van der Waals surface area contributed by atoms with Crippen molar-refractivity contribution in [3.63, 3.8) is 0 Å². The number of aliphatic hydroxyl groups excluding tert-OH is 1. The molecule has 2 rings (SSSR count). The molecule has 2 heteroatoms. The summed E-state index contributed by atoms with van der Waals surface area (Å²) in [6.07, 6.45) is 6.39. The fourth-order valence-corrected chi connectivity index (χ4v) is 2.90. The average Bonchev–Trinajstić information content (AvgIpc) is 2.93. The minimum absolute atomic E-state index is 0.267. The van der Waals surface area contributed by atoms with Gasteiger partial charge in [0.2, 0.25) is 0 Å². The molecule has 0 aromatic heterocycles. The molecule has 1 fully saturated rings. The molecule has 2 nitrogen and oxygen atoms in total. The van der Waals surface area contributed by atoms with Crippen molar-refractivity contribution in [1.29, 1.82) is 0 Å². The van der Waals surface area contributed by atoms with Crippen LogP contribution in [0.3, 0.4) is 0 Å². The lowest BCUT2D eigenvalue weighted by atomic mass is 10.1. The van der Waals surface area contributed by atoms with E-state index in [1.165, 1.54) is 36.8 Å². The van der Waals surface area contributed by atoms with E-state index in [1.54, 1.807) is 0 Å². The molecule has 0 saturated heterocycles. The summed E-state index contributed by atoms with van der Waals surface area (Å²) in [5.41, 5.74) is 2.76. The van der Waals surface area contributed by atoms with Gasteiger partial charge in [0.1, 0.15) is 0 Å². The van der Waals surface area contributed by atoms with E-state index in [4.69, 9.17) is 0 Å². The van der Waals surface area contributed by atoms with Crippen LogP contribution in [0.1, 0.15) is 43.7 Å². The van der Waals surface area contributed by atoms with E-state index < -0.39 is 0 Å². The van der Waals surface area contributed by atoms with E-state index >= 15 is 0 Å². The van der Waals surface area contributed by atoms with Crippen molar-refractivity contribution in [3.05, 3.63) is 35.4 Å². The van der Waals surface area contributed by atoms with E-state index in [2.05, 4.69) is 36.1 Å². The standard InChI is InChI=1S/C16H25NO/c1-2-14-7-9-15(10-8-14)13-17(11-12-18)16-5-3-4-6-16/h7-10,16,18H,2-6,11-13H2,1H3. The summed E-state index contributed by atoms with van der Waals surface area (Å²) >= 11 is 0. The molecule has 0 spiro atoms. The number of benzene rings is 1. The Morgan fingerprint density at radius 2 is 1.72 bits per heavy atom. The number of aliphatic hydroxyl groups is 1. The molecule has 0 radical (unpaired) electrons. The maximum Gasteiger partial charge on any atom is 0.0558 e. The molecule has 1 N–H and O–H groups in total. The highest BCUT2D eigenvalue weighted by Gasteiger charge is 2.21. The first-order valence-corrected chi connectivity index (χ1v) is 7.26. The van der Waals surface area contributed by atoms with Crippen molar-refractivity contribution in [3.8, 4) is 0 Å². The van der Waals surface area contributed by atoms with Crippen molar-refractivity contribution in [1.82, 2.24) is 4.90 Å². The maximum atomic E-state index is 9.22. The summed E-state index contributed by atoms with van der Waals surface area (Å²) in [6, 6.07) is 9.60. The second-order valence-electron chi connectivity index (χ2n) is 5.30. The van der Waals surface area contributed by atoms with Gasteiger partial charge in [0.25, 0.3) is 0 Å². The zero-order chi connectivity index (χ0) is 12.8. The Balaban J connectivity index is 1.98. The molecular weight excluding hydrogens is 222 g/mol. The van der Waals surface area contributed by atoms with Crippen LogP contribution >= 0.6 is 0 Å². The van der Waals surface area contributed by atoms with E-state index in [0.717, 1.165) is 19.5 Å². The molecule has 0 bridgehead atoms. The highest BCUT2D eigenvalue weighted by Crippen LogP contribution is 2.24. The van der Waals surface area contributed by atoms with Crippen molar-refractivity contribution < 1.29 is 5.11 Å². The summed E-state index contributed by atoms with van der Waals surface area (Å²) in [6.45, 7) is 4.24. The number of hydrogen-bond donors (Lipinski definition) is 1. The van der Waals surface area contributed by atoms with E-state index in [-0.39, 0.29) is 6.61 Å². The molecule has 0 amide bonds. The van der Waals surface area contributed by atoms with E-state index in [1.807, 2.05) is 0 Å². The molecule has 18 heavy (non-hydrogen) atoms. The van der Waals surface area contributed by atoms with Gasteiger partial charge in [0.05, 0.1) is 6.61 Å². The second kappa shape index (κ2) is 6.91. The van der Waals surface area contributed by atoms with Crippen LogP contribution in [0.4, 0.5) is 0 Å². The SMILES string of the molecule is CCc1ccc(CN(CCO)C2CCCC2)cc1. The van der Waals surface area contributed by atoms with Gasteiger partial charge in [0, 0.05) is 19.1 Å². The van der Waals surface area contributed by atoms with Crippen molar-refractivity contribution in [2.24, 2.45) is 0 Å². The third-order valence-corrected chi connectivity index (χ3v) is 4.05. The van der Waals surface area contributed by atoms with Gasteiger partial charge in [-0.3, -0.25) is 4.90 Å². The first-order chi connectivity index (χ1) is 8.83. The summed E-state index contributed by atoms with van der Waals surface area (Å²) in [5, 5.41) is 9.22. The topological polar surface area (TPSA) is 23.5 Å².